The van der Waals surface area contributed by atoms with E-state index in [1.807, 2.05) is 0 Å². The molecule has 0 bridgehead atoms. The molecule has 1 N–H and O–H groups in total. The Morgan fingerprint density at radius 1 is 1.67 bits per heavy atom. The summed E-state index contributed by atoms with van der Waals surface area (Å²) in [6.07, 6.45) is 8.96. The van der Waals surface area contributed by atoms with E-state index < -0.39 is 0 Å². The lowest BCUT2D eigenvalue weighted by atomic mass is 10.4. The minimum Gasteiger partial charge on any atom is -0.368 e. The van der Waals surface area contributed by atoms with Crippen molar-refractivity contribution in [1.29, 1.82) is 0 Å². The van der Waals surface area contributed by atoms with Crippen molar-refractivity contribution in [1.82, 2.24) is 9.97 Å². The standard InChI is InChI=1S/C8H8BrN3/c1-2-3-4-11-8-7(9)5-10-6-12-8/h1,5-6H,3-4H2,(H,10,11,12). The number of terminal acetylenes is 1. The molecular formula is C8H8BrN3. The third-order valence-corrected chi connectivity index (χ3v) is 1.81. The summed E-state index contributed by atoms with van der Waals surface area (Å²) in [6, 6.07) is 0. The highest BCUT2D eigenvalue weighted by Gasteiger charge is 1.97. The van der Waals surface area contributed by atoms with E-state index in [0.29, 0.717) is 6.42 Å². The molecule has 0 unspecified atom stereocenters. The van der Waals surface area contributed by atoms with E-state index in [1.165, 1.54) is 6.33 Å². The van der Waals surface area contributed by atoms with Crippen molar-refractivity contribution in [2.45, 2.75) is 6.42 Å². The van der Waals surface area contributed by atoms with Crippen LogP contribution in [0.3, 0.4) is 0 Å². The number of anilines is 1. The minimum atomic E-state index is 0.691. The van der Waals surface area contributed by atoms with Crippen LogP contribution in [-0.4, -0.2) is 16.5 Å². The van der Waals surface area contributed by atoms with Gasteiger partial charge in [0.15, 0.2) is 0 Å². The number of aromatic nitrogens is 2. The number of hydrogen-bond acceptors (Lipinski definition) is 3. The van der Waals surface area contributed by atoms with Gasteiger partial charge in [0.1, 0.15) is 12.1 Å². The number of hydrogen-bond donors (Lipinski definition) is 1. The average Bonchev–Trinajstić information content (AvgIpc) is 2.09. The fourth-order valence-corrected chi connectivity index (χ4v) is 1.06. The molecule has 4 heteroatoms. The largest absolute Gasteiger partial charge is 0.368 e. The first-order chi connectivity index (χ1) is 5.84. The van der Waals surface area contributed by atoms with Gasteiger partial charge in [-0.3, -0.25) is 0 Å². The minimum absolute atomic E-state index is 0.691. The van der Waals surface area contributed by atoms with Crippen LogP contribution in [0.5, 0.6) is 0 Å². The lowest BCUT2D eigenvalue weighted by Crippen LogP contribution is -2.02. The van der Waals surface area contributed by atoms with Crippen LogP contribution in [0.15, 0.2) is 17.0 Å². The Morgan fingerprint density at radius 2 is 2.50 bits per heavy atom. The van der Waals surface area contributed by atoms with Gasteiger partial charge in [-0.15, -0.1) is 12.3 Å². The molecule has 0 radical (unpaired) electrons. The summed E-state index contributed by atoms with van der Waals surface area (Å²) in [7, 11) is 0. The van der Waals surface area contributed by atoms with Gasteiger partial charge in [-0.1, -0.05) is 0 Å². The first-order valence-corrected chi connectivity index (χ1v) is 4.26. The van der Waals surface area contributed by atoms with E-state index in [1.54, 1.807) is 6.20 Å². The lowest BCUT2D eigenvalue weighted by molar-refractivity contribution is 1.05. The van der Waals surface area contributed by atoms with Crippen LogP contribution < -0.4 is 5.32 Å². The molecule has 0 aliphatic rings. The fourth-order valence-electron chi connectivity index (χ4n) is 0.696. The number of nitrogens with one attached hydrogen (secondary N) is 1. The van der Waals surface area contributed by atoms with Crippen molar-refractivity contribution in [3.63, 3.8) is 0 Å². The van der Waals surface area contributed by atoms with Gasteiger partial charge in [0.05, 0.1) is 4.47 Å². The quantitative estimate of drug-likeness (QED) is 0.629. The Morgan fingerprint density at radius 3 is 3.17 bits per heavy atom. The first kappa shape index (κ1) is 9.01. The molecule has 0 fully saturated rings. The predicted octanol–water partition coefficient (Wildman–Crippen LogP) is 1.67. The molecule has 0 spiro atoms. The van der Waals surface area contributed by atoms with Gasteiger partial charge in [0.2, 0.25) is 0 Å². The maximum atomic E-state index is 5.10. The molecule has 1 heterocycles. The Kier molecular flexibility index (Phi) is 3.55. The fraction of sp³-hybridized carbons (Fsp3) is 0.250. The molecule has 0 aromatic carbocycles. The Balaban J connectivity index is 2.53. The van der Waals surface area contributed by atoms with E-state index in [9.17, 15) is 0 Å². The summed E-state index contributed by atoms with van der Waals surface area (Å²) in [5, 5.41) is 3.07. The van der Waals surface area contributed by atoms with E-state index in [-0.39, 0.29) is 0 Å². The summed E-state index contributed by atoms with van der Waals surface area (Å²) in [4.78, 5) is 7.85. The van der Waals surface area contributed by atoms with Crippen molar-refractivity contribution in [2.75, 3.05) is 11.9 Å². The van der Waals surface area contributed by atoms with E-state index >= 15 is 0 Å². The molecule has 3 nitrogen and oxygen atoms in total. The summed E-state index contributed by atoms with van der Waals surface area (Å²) in [5.74, 6) is 3.31. The van der Waals surface area contributed by atoms with Crippen LogP contribution in [-0.2, 0) is 0 Å². The predicted molar refractivity (Wildman–Crippen MR) is 51.7 cm³/mol. The van der Waals surface area contributed by atoms with Crippen LogP contribution in [0, 0.1) is 12.3 Å². The van der Waals surface area contributed by atoms with Gasteiger partial charge in [0, 0.05) is 19.2 Å². The molecule has 0 aliphatic heterocycles. The lowest BCUT2D eigenvalue weighted by Gasteiger charge is -2.03. The molecule has 1 aromatic heterocycles. The van der Waals surface area contributed by atoms with Gasteiger partial charge in [-0.25, -0.2) is 9.97 Å². The summed E-state index contributed by atoms with van der Waals surface area (Å²) in [6.45, 7) is 0.728. The van der Waals surface area contributed by atoms with Crippen molar-refractivity contribution < 1.29 is 0 Å². The second-order valence-corrected chi connectivity index (χ2v) is 2.95. The Hall–Kier alpha value is -1.08. The van der Waals surface area contributed by atoms with Gasteiger partial charge in [-0.2, -0.15) is 0 Å². The number of halogens is 1. The highest BCUT2D eigenvalue weighted by Crippen LogP contribution is 2.16. The molecule has 62 valence electrons. The third-order valence-electron chi connectivity index (χ3n) is 1.23. The number of rotatable bonds is 3. The zero-order valence-electron chi connectivity index (χ0n) is 6.42. The van der Waals surface area contributed by atoms with Crippen molar-refractivity contribution >= 4 is 21.7 Å². The molecule has 1 rings (SSSR count). The maximum Gasteiger partial charge on any atom is 0.143 e. The molecule has 0 atom stereocenters. The van der Waals surface area contributed by atoms with Crippen LogP contribution in [0.4, 0.5) is 5.82 Å². The third kappa shape index (κ3) is 2.51. The molecule has 12 heavy (non-hydrogen) atoms. The van der Waals surface area contributed by atoms with Crippen molar-refractivity contribution in [2.24, 2.45) is 0 Å². The summed E-state index contributed by atoms with van der Waals surface area (Å²) >= 11 is 3.31. The molecule has 0 aliphatic carbocycles. The molecule has 1 aromatic rings. The average molecular weight is 226 g/mol. The van der Waals surface area contributed by atoms with Crippen LogP contribution in [0.2, 0.25) is 0 Å². The second-order valence-electron chi connectivity index (χ2n) is 2.10. The highest BCUT2D eigenvalue weighted by atomic mass is 79.9. The van der Waals surface area contributed by atoms with Crippen molar-refractivity contribution in [3.8, 4) is 12.3 Å². The maximum absolute atomic E-state index is 5.10. The summed E-state index contributed by atoms with van der Waals surface area (Å²) in [5.41, 5.74) is 0. The van der Waals surface area contributed by atoms with E-state index in [0.717, 1.165) is 16.8 Å². The van der Waals surface area contributed by atoms with E-state index in [2.05, 4.69) is 37.1 Å². The molecule has 0 saturated carbocycles. The van der Waals surface area contributed by atoms with Crippen LogP contribution in [0.1, 0.15) is 6.42 Å². The zero-order chi connectivity index (χ0) is 8.81. The zero-order valence-corrected chi connectivity index (χ0v) is 8.00. The molecular weight excluding hydrogens is 218 g/mol. The van der Waals surface area contributed by atoms with E-state index in [4.69, 9.17) is 6.42 Å². The van der Waals surface area contributed by atoms with Crippen LogP contribution >= 0.6 is 15.9 Å². The van der Waals surface area contributed by atoms with Gasteiger partial charge in [-0.05, 0) is 15.9 Å². The van der Waals surface area contributed by atoms with Gasteiger partial charge < -0.3 is 5.32 Å². The monoisotopic (exact) mass is 225 g/mol. The highest BCUT2D eigenvalue weighted by molar-refractivity contribution is 9.10. The first-order valence-electron chi connectivity index (χ1n) is 3.47. The van der Waals surface area contributed by atoms with Gasteiger partial charge in [0.25, 0.3) is 0 Å². The molecule has 0 amide bonds. The SMILES string of the molecule is C#CCCNc1ncncc1Br. The van der Waals surface area contributed by atoms with Crippen LogP contribution in [0.25, 0.3) is 0 Å². The normalized spacial score (nSPS) is 9.00. The Bertz CT molecular complexity index is 293. The molecule has 0 saturated heterocycles. The topological polar surface area (TPSA) is 37.8 Å². The van der Waals surface area contributed by atoms with Gasteiger partial charge >= 0.3 is 0 Å². The number of nitrogens with zero attached hydrogens (tertiary/aromatic N) is 2. The second kappa shape index (κ2) is 4.73. The smallest absolute Gasteiger partial charge is 0.143 e. The summed E-state index contributed by atoms with van der Waals surface area (Å²) < 4.78 is 0.849. The Labute approximate surface area is 79.7 Å². The van der Waals surface area contributed by atoms with Crippen molar-refractivity contribution in [3.05, 3.63) is 17.0 Å².